The monoisotopic (exact) mass is 205 g/mol. The van der Waals surface area contributed by atoms with E-state index in [1.807, 2.05) is 24.3 Å². The van der Waals surface area contributed by atoms with Gasteiger partial charge in [0.2, 0.25) is 0 Å². The molecule has 2 rings (SSSR count). The number of nitrogen functional groups attached to an aromatic ring is 1. The first-order valence-electron chi connectivity index (χ1n) is 4.10. The van der Waals surface area contributed by atoms with Gasteiger partial charge in [0, 0.05) is 16.1 Å². The average Bonchev–Trinajstić information content (AvgIpc) is 2.18. The normalized spacial score (nSPS) is 10.1. The predicted molar refractivity (Wildman–Crippen MR) is 56.9 cm³/mol. The van der Waals surface area contributed by atoms with Gasteiger partial charge in [-0.25, -0.2) is 0 Å². The van der Waals surface area contributed by atoms with E-state index in [1.165, 1.54) is 0 Å². The molecule has 0 aliphatic heterocycles. The summed E-state index contributed by atoms with van der Waals surface area (Å²) in [5.74, 6) is 0.391. The van der Waals surface area contributed by atoms with Gasteiger partial charge < -0.3 is 5.73 Å². The van der Waals surface area contributed by atoms with Gasteiger partial charge in [-0.3, -0.25) is 0 Å². The molecule has 0 spiro atoms. The Morgan fingerprint density at radius 3 is 2.71 bits per heavy atom. The molecule has 14 heavy (non-hydrogen) atoms. The largest absolute Gasteiger partial charge is 0.382 e. The van der Waals surface area contributed by atoms with Crippen molar-refractivity contribution in [3.05, 3.63) is 41.6 Å². The quantitative estimate of drug-likeness (QED) is 0.778. The fourth-order valence-electron chi connectivity index (χ4n) is 1.23. The Kier molecular flexibility index (Phi) is 2.33. The van der Waals surface area contributed by atoms with Crippen molar-refractivity contribution in [1.82, 2.24) is 10.2 Å². The molecule has 0 amide bonds. The van der Waals surface area contributed by atoms with Gasteiger partial charge >= 0.3 is 0 Å². The molecule has 0 unspecified atom stereocenters. The fraction of sp³-hybridized carbons (Fsp3) is 0. The number of benzene rings is 1. The Hall–Kier alpha value is -1.61. The summed E-state index contributed by atoms with van der Waals surface area (Å²) in [7, 11) is 0. The van der Waals surface area contributed by atoms with Crippen LogP contribution < -0.4 is 5.73 Å². The van der Waals surface area contributed by atoms with Crippen molar-refractivity contribution in [1.29, 1.82) is 0 Å². The molecule has 0 aliphatic carbocycles. The van der Waals surface area contributed by atoms with Gasteiger partial charge in [-0.2, -0.15) is 5.10 Å². The lowest BCUT2D eigenvalue weighted by molar-refractivity contribution is 1.04. The summed E-state index contributed by atoms with van der Waals surface area (Å²) in [5, 5.41) is 8.13. The van der Waals surface area contributed by atoms with Crippen LogP contribution in [0.2, 0.25) is 5.02 Å². The maximum absolute atomic E-state index is 6.02. The number of hydrogen-bond acceptors (Lipinski definition) is 3. The molecular formula is C10H8ClN3. The Labute approximate surface area is 86.5 Å². The van der Waals surface area contributed by atoms with E-state index in [4.69, 9.17) is 17.3 Å². The van der Waals surface area contributed by atoms with E-state index in [-0.39, 0.29) is 0 Å². The zero-order chi connectivity index (χ0) is 9.97. The van der Waals surface area contributed by atoms with Crippen molar-refractivity contribution in [3.63, 3.8) is 0 Å². The minimum atomic E-state index is 0.391. The lowest BCUT2D eigenvalue weighted by Gasteiger charge is -2.02. The topological polar surface area (TPSA) is 51.8 Å². The smallest absolute Gasteiger partial charge is 0.146 e. The van der Waals surface area contributed by atoms with Crippen LogP contribution in [-0.4, -0.2) is 10.2 Å². The third kappa shape index (κ3) is 1.67. The summed E-state index contributed by atoms with van der Waals surface area (Å²) in [6.45, 7) is 0. The second kappa shape index (κ2) is 3.64. The first-order valence-corrected chi connectivity index (χ1v) is 4.48. The second-order valence-electron chi connectivity index (χ2n) is 2.85. The van der Waals surface area contributed by atoms with Crippen molar-refractivity contribution >= 4 is 17.4 Å². The van der Waals surface area contributed by atoms with E-state index in [2.05, 4.69) is 10.2 Å². The standard InChI is InChI=1S/C10H8ClN3/c11-9-4-2-1-3-8(9)7-5-10(12)14-13-6-7/h1-6H,(H2,12,14). The van der Waals surface area contributed by atoms with Gasteiger partial charge in [-0.05, 0) is 12.1 Å². The summed E-state index contributed by atoms with van der Waals surface area (Å²) in [6.07, 6.45) is 1.64. The van der Waals surface area contributed by atoms with Crippen LogP contribution in [0.3, 0.4) is 0 Å². The Balaban J connectivity index is 2.55. The van der Waals surface area contributed by atoms with E-state index in [9.17, 15) is 0 Å². The molecule has 3 nitrogen and oxygen atoms in total. The lowest BCUT2D eigenvalue weighted by atomic mass is 10.1. The Morgan fingerprint density at radius 1 is 1.21 bits per heavy atom. The van der Waals surface area contributed by atoms with Crippen LogP contribution >= 0.6 is 11.6 Å². The van der Waals surface area contributed by atoms with Gasteiger partial charge in [0.15, 0.2) is 0 Å². The highest BCUT2D eigenvalue weighted by Crippen LogP contribution is 2.26. The number of nitrogens with zero attached hydrogens (tertiary/aromatic N) is 2. The number of aromatic nitrogens is 2. The zero-order valence-corrected chi connectivity index (χ0v) is 8.07. The zero-order valence-electron chi connectivity index (χ0n) is 7.31. The summed E-state index contributed by atoms with van der Waals surface area (Å²) < 4.78 is 0. The molecule has 1 aromatic heterocycles. The van der Waals surface area contributed by atoms with E-state index in [1.54, 1.807) is 12.3 Å². The molecule has 0 saturated carbocycles. The lowest BCUT2D eigenvalue weighted by Crippen LogP contribution is -1.92. The Bertz CT molecular complexity index is 457. The van der Waals surface area contributed by atoms with Crippen molar-refractivity contribution in [3.8, 4) is 11.1 Å². The third-order valence-electron chi connectivity index (χ3n) is 1.86. The molecule has 0 fully saturated rings. The minimum Gasteiger partial charge on any atom is -0.382 e. The van der Waals surface area contributed by atoms with Gasteiger partial charge in [0.1, 0.15) is 5.82 Å². The van der Waals surface area contributed by atoms with Crippen LogP contribution in [0.1, 0.15) is 0 Å². The van der Waals surface area contributed by atoms with Crippen LogP contribution in [0.5, 0.6) is 0 Å². The molecule has 0 aliphatic rings. The molecule has 0 radical (unpaired) electrons. The van der Waals surface area contributed by atoms with Crippen LogP contribution in [0, 0.1) is 0 Å². The molecular weight excluding hydrogens is 198 g/mol. The van der Waals surface area contributed by atoms with Crippen LogP contribution in [0.25, 0.3) is 11.1 Å². The Morgan fingerprint density at radius 2 is 2.00 bits per heavy atom. The highest BCUT2D eigenvalue weighted by molar-refractivity contribution is 6.33. The second-order valence-corrected chi connectivity index (χ2v) is 3.26. The summed E-state index contributed by atoms with van der Waals surface area (Å²) in [6, 6.07) is 9.28. The molecule has 0 atom stereocenters. The number of anilines is 1. The van der Waals surface area contributed by atoms with Gasteiger partial charge in [-0.1, -0.05) is 29.8 Å². The van der Waals surface area contributed by atoms with Crippen LogP contribution in [0.15, 0.2) is 36.5 Å². The molecule has 70 valence electrons. The molecule has 2 aromatic rings. The molecule has 1 heterocycles. The number of halogens is 1. The van der Waals surface area contributed by atoms with Gasteiger partial charge in [-0.15, -0.1) is 5.10 Å². The van der Waals surface area contributed by atoms with E-state index in [0.29, 0.717) is 10.8 Å². The van der Waals surface area contributed by atoms with Crippen molar-refractivity contribution < 1.29 is 0 Å². The first kappa shape index (κ1) is 8.97. The fourth-order valence-corrected chi connectivity index (χ4v) is 1.47. The van der Waals surface area contributed by atoms with E-state index in [0.717, 1.165) is 11.1 Å². The number of hydrogen-bond donors (Lipinski definition) is 1. The number of nitrogens with two attached hydrogens (primary N) is 1. The van der Waals surface area contributed by atoms with Crippen LogP contribution in [0.4, 0.5) is 5.82 Å². The molecule has 0 saturated heterocycles. The molecule has 1 aromatic carbocycles. The summed E-state index contributed by atoms with van der Waals surface area (Å²) in [4.78, 5) is 0. The highest BCUT2D eigenvalue weighted by Gasteiger charge is 2.02. The van der Waals surface area contributed by atoms with E-state index < -0.39 is 0 Å². The number of rotatable bonds is 1. The minimum absolute atomic E-state index is 0.391. The maximum atomic E-state index is 6.02. The SMILES string of the molecule is Nc1cc(-c2ccccc2Cl)cnn1. The molecule has 4 heteroatoms. The van der Waals surface area contributed by atoms with Crippen molar-refractivity contribution in [2.75, 3.05) is 5.73 Å². The van der Waals surface area contributed by atoms with Crippen molar-refractivity contribution in [2.24, 2.45) is 0 Å². The third-order valence-corrected chi connectivity index (χ3v) is 2.19. The first-order chi connectivity index (χ1) is 6.77. The maximum Gasteiger partial charge on any atom is 0.146 e. The van der Waals surface area contributed by atoms with Crippen LogP contribution in [-0.2, 0) is 0 Å². The average molecular weight is 206 g/mol. The van der Waals surface area contributed by atoms with Crippen molar-refractivity contribution in [2.45, 2.75) is 0 Å². The predicted octanol–water partition coefficient (Wildman–Crippen LogP) is 2.38. The highest BCUT2D eigenvalue weighted by atomic mass is 35.5. The summed E-state index contributed by atoms with van der Waals surface area (Å²) >= 11 is 6.02. The van der Waals surface area contributed by atoms with Gasteiger partial charge in [0.05, 0.1) is 6.20 Å². The van der Waals surface area contributed by atoms with Gasteiger partial charge in [0.25, 0.3) is 0 Å². The molecule has 2 N–H and O–H groups in total. The van der Waals surface area contributed by atoms with E-state index >= 15 is 0 Å². The summed E-state index contributed by atoms with van der Waals surface area (Å²) in [5.41, 5.74) is 7.32. The molecule has 0 bridgehead atoms.